The van der Waals surface area contributed by atoms with E-state index in [0.717, 1.165) is 33.1 Å². The monoisotopic (exact) mass is 330 g/mol. The largest absolute Gasteiger partial charge is 0.451 e. The lowest BCUT2D eigenvalue weighted by atomic mass is 10.1. The maximum Gasteiger partial charge on any atom is 0.294 e. The Morgan fingerprint density at radius 3 is 2.88 bits per heavy atom. The molecule has 0 radical (unpaired) electrons. The van der Waals surface area contributed by atoms with E-state index in [-0.39, 0.29) is 0 Å². The van der Waals surface area contributed by atoms with Gasteiger partial charge < -0.3 is 13.9 Å². The van der Waals surface area contributed by atoms with Gasteiger partial charge in [-0.25, -0.2) is 4.98 Å². The van der Waals surface area contributed by atoms with E-state index in [1.807, 2.05) is 37.3 Å². The van der Waals surface area contributed by atoms with Gasteiger partial charge in [-0.2, -0.15) is 4.98 Å². The molecule has 0 saturated carbocycles. The molecule has 2 aromatic carbocycles. The molecule has 0 aliphatic carbocycles. The summed E-state index contributed by atoms with van der Waals surface area (Å²) in [5.41, 5.74) is 5.68. The van der Waals surface area contributed by atoms with Gasteiger partial charge in [0.2, 0.25) is 5.82 Å². The highest BCUT2D eigenvalue weighted by molar-refractivity contribution is 5.87. The van der Waals surface area contributed by atoms with Crippen molar-refractivity contribution >= 4 is 22.0 Å². The smallest absolute Gasteiger partial charge is 0.294 e. The topological polar surface area (TPSA) is 80.7 Å². The molecule has 6 nitrogen and oxygen atoms in total. The normalized spacial score (nSPS) is 11.6. The molecule has 6 heteroatoms. The summed E-state index contributed by atoms with van der Waals surface area (Å²) < 4.78 is 11.4. The van der Waals surface area contributed by atoms with E-state index in [9.17, 15) is 0 Å². The third-order valence-electron chi connectivity index (χ3n) is 4.39. The van der Waals surface area contributed by atoms with Crippen LogP contribution in [0.2, 0.25) is 0 Å². The SMILES string of the molecule is Cc1ccc2oc(-c3nc(-c4ccc5nc[nH]c5c4)no3)c(C)c2c1. The quantitative estimate of drug-likeness (QED) is 0.510. The Morgan fingerprint density at radius 2 is 1.96 bits per heavy atom. The number of furan rings is 1. The van der Waals surface area contributed by atoms with Crippen LogP contribution < -0.4 is 0 Å². The minimum atomic E-state index is 0.381. The zero-order valence-corrected chi connectivity index (χ0v) is 13.7. The maximum absolute atomic E-state index is 5.93. The number of rotatable bonds is 2. The van der Waals surface area contributed by atoms with Crippen molar-refractivity contribution in [2.24, 2.45) is 0 Å². The number of aryl methyl sites for hydroxylation is 2. The highest BCUT2D eigenvalue weighted by atomic mass is 16.5. The molecular formula is C19H14N4O2. The molecular weight excluding hydrogens is 316 g/mol. The molecule has 0 saturated heterocycles. The summed E-state index contributed by atoms with van der Waals surface area (Å²) in [6, 6.07) is 11.9. The molecule has 0 bridgehead atoms. The Kier molecular flexibility index (Phi) is 2.82. The molecule has 0 aliphatic heterocycles. The van der Waals surface area contributed by atoms with Crippen LogP contribution in [0, 0.1) is 13.8 Å². The Morgan fingerprint density at radius 1 is 1.04 bits per heavy atom. The van der Waals surface area contributed by atoms with Crippen LogP contribution in [0.25, 0.3) is 45.0 Å². The van der Waals surface area contributed by atoms with Crippen molar-refractivity contribution in [1.82, 2.24) is 20.1 Å². The van der Waals surface area contributed by atoms with E-state index < -0.39 is 0 Å². The Hall–Kier alpha value is -3.41. The second-order valence-corrected chi connectivity index (χ2v) is 6.11. The fraction of sp³-hybridized carbons (Fsp3) is 0.105. The van der Waals surface area contributed by atoms with E-state index in [2.05, 4.69) is 33.1 Å². The number of fused-ring (bicyclic) bond motifs is 2. The summed E-state index contributed by atoms with van der Waals surface area (Å²) in [6.45, 7) is 4.06. The first kappa shape index (κ1) is 14.0. The maximum atomic E-state index is 5.93. The van der Waals surface area contributed by atoms with Crippen LogP contribution in [0.1, 0.15) is 11.1 Å². The standard InChI is InChI=1S/C19H14N4O2/c1-10-3-6-16-13(7-10)11(2)17(24-16)19-22-18(23-25-19)12-4-5-14-15(8-12)21-9-20-14/h3-9H,1-2H3,(H,20,21). The molecule has 0 amide bonds. The first-order valence-electron chi connectivity index (χ1n) is 7.96. The third-order valence-corrected chi connectivity index (χ3v) is 4.39. The van der Waals surface area contributed by atoms with Gasteiger partial charge in [0.15, 0.2) is 5.76 Å². The molecule has 0 fully saturated rings. The van der Waals surface area contributed by atoms with Crippen LogP contribution in [0.4, 0.5) is 0 Å². The van der Waals surface area contributed by atoms with Crippen LogP contribution >= 0.6 is 0 Å². The zero-order chi connectivity index (χ0) is 17.0. The highest BCUT2D eigenvalue weighted by Gasteiger charge is 2.19. The van der Waals surface area contributed by atoms with Gasteiger partial charge in [0.25, 0.3) is 5.89 Å². The number of hydrogen-bond donors (Lipinski definition) is 1. The zero-order valence-electron chi connectivity index (χ0n) is 13.7. The Balaban J connectivity index is 1.61. The average Bonchev–Trinajstić information content (AvgIpc) is 3.33. The van der Waals surface area contributed by atoms with E-state index >= 15 is 0 Å². The van der Waals surface area contributed by atoms with Crippen molar-refractivity contribution in [1.29, 1.82) is 0 Å². The summed E-state index contributed by atoms with van der Waals surface area (Å²) in [5.74, 6) is 1.51. The molecule has 0 atom stereocenters. The molecule has 5 rings (SSSR count). The van der Waals surface area contributed by atoms with Crippen LogP contribution in [0.15, 0.2) is 51.7 Å². The minimum absolute atomic E-state index is 0.381. The molecule has 0 aliphatic rings. The number of aromatic nitrogens is 4. The number of hydrogen-bond acceptors (Lipinski definition) is 5. The van der Waals surface area contributed by atoms with Crippen LogP contribution in [-0.2, 0) is 0 Å². The van der Waals surface area contributed by atoms with Gasteiger partial charge in [0.05, 0.1) is 17.4 Å². The fourth-order valence-electron chi connectivity index (χ4n) is 3.05. The number of nitrogens with one attached hydrogen (secondary N) is 1. The van der Waals surface area contributed by atoms with Gasteiger partial charge in [-0.3, -0.25) is 0 Å². The van der Waals surface area contributed by atoms with Crippen molar-refractivity contribution in [3.63, 3.8) is 0 Å². The second-order valence-electron chi connectivity index (χ2n) is 6.11. The number of nitrogens with zero attached hydrogens (tertiary/aromatic N) is 3. The van der Waals surface area contributed by atoms with Crippen molar-refractivity contribution in [2.75, 3.05) is 0 Å². The lowest BCUT2D eigenvalue weighted by Gasteiger charge is -1.94. The number of imidazole rings is 1. The number of aromatic amines is 1. The summed E-state index contributed by atoms with van der Waals surface area (Å²) in [4.78, 5) is 11.8. The fourth-order valence-corrected chi connectivity index (χ4v) is 3.05. The predicted octanol–water partition coefficient (Wildman–Crippen LogP) is 4.64. The van der Waals surface area contributed by atoms with Crippen molar-refractivity contribution in [3.05, 3.63) is 53.9 Å². The van der Waals surface area contributed by atoms with E-state index in [0.29, 0.717) is 17.5 Å². The molecule has 122 valence electrons. The first-order chi connectivity index (χ1) is 12.2. The molecule has 0 unspecified atom stereocenters. The highest BCUT2D eigenvalue weighted by Crippen LogP contribution is 2.33. The molecule has 0 spiro atoms. The van der Waals surface area contributed by atoms with Crippen molar-refractivity contribution < 1.29 is 8.94 Å². The van der Waals surface area contributed by atoms with Gasteiger partial charge in [-0.15, -0.1) is 0 Å². The first-order valence-corrected chi connectivity index (χ1v) is 7.96. The summed E-state index contributed by atoms with van der Waals surface area (Å²) >= 11 is 0. The predicted molar refractivity (Wildman–Crippen MR) is 94.1 cm³/mol. The van der Waals surface area contributed by atoms with Gasteiger partial charge in [0, 0.05) is 16.5 Å². The average molecular weight is 330 g/mol. The number of H-pyrrole nitrogens is 1. The summed E-state index contributed by atoms with van der Waals surface area (Å²) in [5, 5.41) is 5.17. The van der Waals surface area contributed by atoms with Crippen molar-refractivity contribution in [3.8, 4) is 23.0 Å². The number of benzene rings is 2. The second kappa shape index (κ2) is 5.04. The van der Waals surface area contributed by atoms with Crippen LogP contribution in [0.5, 0.6) is 0 Å². The van der Waals surface area contributed by atoms with Gasteiger partial charge in [-0.1, -0.05) is 16.8 Å². The summed E-state index contributed by atoms with van der Waals surface area (Å²) in [6.07, 6.45) is 1.66. The lowest BCUT2D eigenvalue weighted by Crippen LogP contribution is -1.82. The van der Waals surface area contributed by atoms with Crippen LogP contribution in [-0.4, -0.2) is 20.1 Å². The van der Waals surface area contributed by atoms with Crippen LogP contribution in [0.3, 0.4) is 0 Å². The van der Waals surface area contributed by atoms with E-state index in [4.69, 9.17) is 8.94 Å². The van der Waals surface area contributed by atoms with Gasteiger partial charge >= 0.3 is 0 Å². The molecule has 5 aromatic rings. The molecule has 25 heavy (non-hydrogen) atoms. The lowest BCUT2D eigenvalue weighted by molar-refractivity contribution is 0.419. The van der Waals surface area contributed by atoms with Crippen molar-refractivity contribution in [2.45, 2.75) is 13.8 Å². The summed E-state index contributed by atoms with van der Waals surface area (Å²) in [7, 11) is 0. The van der Waals surface area contributed by atoms with Gasteiger partial charge in [-0.05, 0) is 44.2 Å². The van der Waals surface area contributed by atoms with E-state index in [1.54, 1.807) is 6.33 Å². The van der Waals surface area contributed by atoms with E-state index in [1.165, 1.54) is 5.56 Å². The third kappa shape index (κ3) is 2.15. The molecule has 3 aromatic heterocycles. The van der Waals surface area contributed by atoms with Gasteiger partial charge in [0.1, 0.15) is 5.58 Å². The Labute approximate surface area is 142 Å². The Bertz CT molecular complexity index is 1230. The molecule has 1 N–H and O–H groups in total. The minimum Gasteiger partial charge on any atom is -0.451 e. The molecule has 3 heterocycles.